The third-order valence-corrected chi connectivity index (χ3v) is 4.86. The molecule has 0 fully saturated rings. The van der Waals surface area contributed by atoms with E-state index in [-0.39, 0.29) is 4.75 Å². The molecule has 0 unspecified atom stereocenters. The molecule has 0 atom stereocenters. The molecule has 0 saturated carbocycles. The van der Waals surface area contributed by atoms with Gasteiger partial charge in [0.1, 0.15) is 0 Å². The molecule has 2 heteroatoms. The van der Waals surface area contributed by atoms with E-state index < -0.39 is 0 Å². The summed E-state index contributed by atoms with van der Waals surface area (Å²) >= 11 is 2.02. The van der Waals surface area contributed by atoms with Gasteiger partial charge in [0.2, 0.25) is 0 Å². The molecule has 0 aliphatic rings. The molecule has 0 amide bonds. The predicted molar refractivity (Wildman–Crippen MR) is 94.8 cm³/mol. The average Bonchev–Trinajstić information content (AvgIpc) is 2.52. The van der Waals surface area contributed by atoms with Crippen LogP contribution < -0.4 is 5.32 Å². The van der Waals surface area contributed by atoms with Crippen molar-refractivity contribution in [2.45, 2.75) is 30.8 Å². The smallest absolute Gasteiger partial charge is 0.0231 e. The Balaban J connectivity index is 1.66. The van der Waals surface area contributed by atoms with E-state index in [1.807, 2.05) is 11.8 Å². The second-order valence-corrected chi connectivity index (χ2v) is 7.63. The Morgan fingerprint density at radius 2 is 1.43 bits per heavy atom. The highest BCUT2D eigenvalue weighted by Crippen LogP contribution is 2.27. The molecule has 2 aromatic carbocycles. The van der Waals surface area contributed by atoms with Crippen LogP contribution in [0.1, 0.15) is 25.0 Å². The minimum atomic E-state index is 0.256. The maximum absolute atomic E-state index is 3.59. The summed E-state index contributed by atoms with van der Waals surface area (Å²) in [6.45, 7) is 6.71. The Morgan fingerprint density at radius 3 is 2.05 bits per heavy atom. The Bertz CT molecular complexity index is 508. The largest absolute Gasteiger partial charge is 0.315 e. The van der Waals surface area contributed by atoms with Crippen LogP contribution in [0.3, 0.4) is 0 Å². The molecular formula is C19H25NS. The Kier molecular flexibility index (Phi) is 6.34. The zero-order valence-corrected chi connectivity index (χ0v) is 13.8. The minimum Gasteiger partial charge on any atom is -0.315 e. The lowest BCUT2D eigenvalue weighted by atomic mass is 10.1. The third-order valence-electron chi connectivity index (χ3n) is 3.46. The van der Waals surface area contributed by atoms with Crippen molar-refractivity contribution >= 4 is 11.8 Å². The highest BCUT2D eigenvalue weighted by molar-refractivity contribution is 7.99. The van der Waals surface area contributed by atoms with Gasteiger partial charge in [0.15, 0.2) is 0 Å². The fourth-order valence-corrected chi connectivity index (χ4v) is 3.12. The Labute approximate surface area is 133 Å². The number of rotatable bonds is 8. The molecular weight excluding hydrogens is 274 g/mol. The maximum Gasteiger partial charge on any atom is 0.0231 e. The zero-order valence-electron chi connectivity index (χ0n) is 13.0. The first-order chi connectivity index (χ1) is 10.2. The van der Waals surface area contributed by atoms with Gasteiger partial charge in [-0.3, -0.25) is 0 Å². The lowest BCUT2D eigenvalue weighted by Gasteiger charge is -2.24. The first-order valence-corrected chi connectivity index (χ1v) is 8.57. The minimum absolute atomic E-state index is 0.256. The van der Waals surface area contributed by atoms with Gasteiger partial charge in [-0.1, -0.05) is 60.7 Å². The van der Waals surface area contributed by atoms with Gasteiger partial charge < -0.3 is 5.32 Å². The van der Waals surface area contributed by atoms with Crippen molar-refractivity contribution in [3.05, 3.63) is 71.8 Å². The first-order valence-electron chi connectivity index (χ1n) is 7.58. The van der Waals surface area contributed by atoms with Crippen LogP contribution in [0.2, 0.25) is 0 Å². The normalized spacial score (nSPS) is 11.5. The summed E-state index contributed by atoms with van der Waals surface area (Å²) in [5.74, 6) is 1.08. The van der Waals surface area contributed by atoms with Crippen LogP contribution in [0.4, 0.5) is 0 Å². The van der Waals surface area contributed by atoms with E-state index in [1.165, 1.54) is 11.1 Å². The second-order valence-electron chi connectivity index (χ2n) is 5.95. The van der Waals surface area contributed by atoms with Crippen LogP contribution in [0.15, 0.2) is 60.7 Å². The van der Waals surface area contributed by atoms with E-state index in [9.17, 15) is 0 Å². The number of hydrogen-bond donors (Lipinski definition) is 1. The van der Waals surface area contributed by atoms with E-state index in [1.54, 1.807) is 0 Å². The first kappa shape index (κ1) is 16.1. The van der Waals surface area contributed by atoms with E-state index in [4.69, 9.17) is 0 Å². The summed E-state index contributed by atoms with van der Waals surface area (Å²) < 4.78 is 0.256. The molecule has 0 saturated heterocycles. The van der Waals surface area contributed by atoms with Gasteiger partial charge in [0.25, 0.3) is 0 Å². The topological polar surface area (TPSA) is 12.0 Å². The molecule has 112 valence electrons. The summed E-state index contributed by atoms with van der Waals surface area (Å²) in [6, 6.07) is 21.4. The Morgan fingerprint density at radius 1 is 0.857 bits per heavy atom. The number of thioether (sulfide) groups is 1. The van der Waals surface area contributed by atoms with Crippen LogP contribution in [0.25, 0.3) is 0 Å². The van der Waals surface area contributed by atoms with Crippen LogP contribution >= 0.6 is 11.8 Å². The third kappa shape index (κ3) is 6.36. The van der Waals surface area contributed by atoms with Gasteiger partial charge in [-0.2, -0.15) is 0 Å². The van der Waals surface area contributed by atoms with Crippen LogP contribution in [-0.4, -0.2) is 17.8 Å². The highest BCUT2D eigenvalue weighted by Gasteiger charge is 2.17. The lowest BCUT2D eigenvalue weighted by molar-refractivity contribution is 0.591. The van der Waals surface area contributed by atoms with Crippen LogP contribution in [0.5, 0.6) is 0 Å². The van der Waals surface area contributed by atoms with Crippen LogP contribution in [-0.2, 0) is 12.2 Å². The van der Waals surface area contributed by atoms with Gasteiger partial charge in [0.05, 0.1) is 0 Å². The summed E-state index contributed by atoms with van der Waals surface area (Å²) in [5, 5.41) is 3.59. The number of benzene rings is 2. The van der Waals surface area contributed by atoms with Crippen molar-refractivity contribution in [1.29, 1.82) is 0 Å². The van der Waals surface area contributed by atoms with E-state index in [2.05, 4.69) is 79.8 Å². The fraction of sp³-hybridized carbons (Fsp3) is 0.368. The zero-order chi connectivity index (χ0) is 15.0. The molecule has 1 N–H and O–H groups in total. The Hall–Kier alpha value is -1.25. The SMILES string of the molecule is CC(C)(CNCCc1ccccc1)SCc1ccccc1. The molecule has 2 rings (SSSR count). The van der Waals surface area contributed by atoms with E-state index >= 15 is 0 Å². The molecule has 0 heterocycles. The molecule has 0 spiro atoms. The fourth-order valence-electron chi connectivity index (χ4n) is 2.17. The maximum atomic E-state index is 3.59. The van der Waals surface area contributed by atoms with Gasteiger partial charge in [-0.05, 0) is 37.9 Å². The van der Waals surface area contributed by atoms with Crippen molar-refractivity contribution in [3.63, 3.8) is 0 Å². The molecule has 0 radical (unpaired) electrons. The van der Waals surface area contributed by atoms with Gasteiger partial charge in [-0.25, -0.2) is 0 Å². The van der Waals surface area contributed by atoms with Gasteiger partial charge in [0, 0.05) is 17.0 Å². The summed E-state index contributed by atoms with van der Waals surface area (Å²) in [4.78, 5) is 0. The monoisotopic (exact) mass is 299 g/mol. The number of hydrogen-bond acceptors (Lipinski definition) is 2. The lowest BCUT2D eigenvalue weighted by Crippen LogP contribution is -2.33. The quantitative estimate of drug-likeness (QED) is 0.719. The molecule has 0 aliphatic carbocycles. The van der Waals surface area contributed by atoms with Gasteiger partial charge in [-0.15, -0.1) is 11.8 Å². The van der Waals surface area contributed by atoms with Crippen LogP contribution in [0, 0.1) is 0 Å². The molecule has 2 aromatic rings. The van der Waals surface area contributed by atoms with Crippen molar-refractivity contribution in [3.8, 4) is 0 Å². The van der Waals surface area contributed by atoms with Crippen molar-refractivity contribution in [2.75, 3.05) is 13.1 Å². The van der Waals surface area contributed by atoms with Crippen molar-refractivity contribution < 1.29 is 0 Å². The average molecular weight is 299 g/mol. The van der Waals surface area contributed by atoms with E-state index in [0.717, 1.165) is 25.3 Å². The molecule has 0 aromatic heterocycles. The second kappa shape index (κ2) is 8.26. The van der Waals surface area contributed by atoms with E-state index in [0.29, 0.717) is 0 Å². The predicted octanol–water partition coefficient (Wildman–Crippen LogP) is 4.53. The van der Waals surface area contributed by atoms with Crippen molar-refractivity contribution in [1.82, 2.24) is 5.32 Å². The molecule has 1 nitrogen and oxygen atoms in total. The molecule has 21 heavy (non-hydrogen) atoms. The summed E-state index contributed by atoms with van der Waals surface area (Å²) in [7, 11) is 0. The van der Waals surface area contributed by atoms with Gasteiger partial charge >= 0.3 is 0 Å². The standard InChI is InChI=1S/C19H25NS/c1-19(2,21-15-18-11-7-4-8-12-18)16-20-14-13-17-9-5-3-6-10-17/h3-12,20H,13-16H2,1-2H3. The van der Waals surface area contributed by atoms with Crippen molar-refractivity contribution in [2.24, 2.45) is 0 Å². The highest BCUT2D eigenvalue weighted by atomic mass is 32.2. The number of nitrogens with one attached hydrogen (secondary N) is 1. The summed E-state index contributed by atoms with van der Waals surface area (Å²) in [6.07, 6.45) is 1.10. The summed E-state index contributed by atoms with van der Waals surface area (Å²) in [5.41, 5.74) is 2.81. The molecule has 0 bridgehead atoms. The molecule has 0 aliphatic heterocycles.